The molecule has 0 N–H and O–H groups in total. The maximum atomic E-state index is 12.3. The van der Waals surface area contributed by atoms with Crippen LogP contribution in [0.5, 0.6) is 5.75 Å². The lowest BCUT2D eigenvalue weighted by Crippen LogP contribution is -2.25. The summed E-state index contributed by atoms with van der Waals surface area (Å²) in [5.41, 5.74) is -4.45. The van der Waals surface area contributed by atoms with Gasteiger partial charge >= 0.3 is 15.6 Å². The molecule has 2 rings (SSSR count). The molecule has 0 unspecified atom stereocenters. The zero-order chi connectivity index (χ0) is 15.0. The smallest absolute Gasteiger partial charge is 0.497 e. The third-order valence-corrected chi connectivity index (χ3v) is 3.77. The van der Waals surface area contributed by atoms with Gasteiger partial charge in [-0.15, -0.1) is 0 Å². The fourth-order valence-electron chi connectivity index (χ4n) is 1.84. The number of hydrogen-bond donors (Lipinski definition) is 0. The van der Waals surface area contributed by atoms with Crippen molar-refractivity contribution in [2.75, 3.05) is 7.11 Å². The van der Waals surface area contributed by atoms with Crippen LogP contribution in [0, 0.1) is 0 Å². The second-order valence-electron chi connectivity index (χ2n) is 4.11. The summed E-state index contributed by atoms with van der Waals surface area (Å²) < 4.78 is 68.4. The minimum absolute atomic E-state index is 0.295. The largest absolute Gasteiger partial charge is 0.534 e. The molecule has 0 heterocycles. The van der Waals surface area contributed by atoms with Crippen molar-refractivity contribution in [3.05, 3.63) is 35.4 Å². The summed E-state index contributed by atoms with van der Waals surface area (Å²) in [6, 6.07) is 4.77. The Hall–Kier alpha value is -1.70. The van der Waals surface area contributed by atoms with Gasteiger partial charge in [-0.25, -0.2) is 0 Å². The molecule has 0 saturated carbocycles. The fraction of sp³-hybridized carbons (Fsp3) is 0.333. The number of rotatable bonds is 3. The van der Waals surface area contributed by atoms with E-state index in [9.17, 15) is 21.6 Å². The van der Waals surface area contributed by atoms with E-state index in [-0.39, 0.29) is 5.76 Å². The van der Waals surface area contributed by atoms with Crippen molar-refractivity contribution >= 4 is 15.9 Å². The third-order valence-electron chi connectivity index (χ3n) is 2.81. The van der Waals surface area contributed by atoms with Gasteiger partial charge in [0.05, 0.1) is 7.11 Å². The summed E-state index contributed by atoms with van der Waals surface area (Å²) >= 11 is 0. The summed E-state index contributed by atoms with van der Waals surface area (Å²) in [4.78, 5) is 0. The van der Waals surface area contributed by atoms with Gasteiger partial charge in [0.2, 0.25) is 0 Å². The average molecular weight is 308 g/mol. The lowest BCUT2D eigenvalue weighted by Gasteiger charge is -2.19. The number of alkyl halides is 3. The van der Waals surface area contributed by atoms with E-state index in [0.717, 1.165) is 0 Å². The van der Waals surface area contributed by atoms with Gasteiger partial charge in [0.1, 0.15) is 11.5 Å². The number of benzene rings is 1. The van der Waals surface area contributed by atoms with Crippen LogP contribution in [-0.4, -0.2) is 21.0 Å². The maximum Gasteiger partial charge on any atom is 0.534 e. The van der Waals surface area contributed by atoms with Gasteiger partial charge in [-0.2, -0.15) is 21.6 Å². The number of fused-ring (bicyclic) bond motifs is 1. The Kier molecular flexibility index (Phi) is 3.68. The molecule has 1 aliphatic carbocycles. The molecule has 0 spiro atoms. The predicted molar refractivity (Wildman–Crippen MR) is 65.4 cm³/mol. The molecular formula is C12H11F3O4S. The first kappa shape index (κ1) is 14.7. The van der Waals surface area contributed by atoms with Crippen LogP contribution in [0.2, 0.25) is 0 Å². The van der Waals surface area contributed by atoms with E-state index in [4.69, 9.17) is 4.74 Å². The number of halogens is 3. The van der Waals surface area contributed by atoms with Gasteiger partial charge < -0.3 is 8.92 Å². The van der Waals surface area contributed by atoms with Gasteiger partial charge in [-0.05, 0) is 36.6 Å². The Balaban J connectivity index is 2.39. The molecule has 8 heteroatoms. The van der Waals surface area contributed by atoms with Crippen LogP contribution in [0.4, 0.5) is 13.2 Å². The Morgan fingerprint density at radius 1 is 1.25 bits per heavy atom. The summed E-state index contributed by atoms with van der Waals surface area (Å²) in [7, 11) is -4.26. The Labute approximate surface area is 113 Å². The third kappa shape index (κ3) is 2.74. The van der Waals surface area contributed by atoms with E-state index in [1.54, 1.807) is 12.1 Å². The van der Waals surface area contributed by atoms with Gasteiger partial charge in [-0.3, -0.25) is 0 Å². The SMILES string of the molecule is COc1ccc2c(c1)C(OS(=O)(=O)C(F)(F)F)=CCC2. The predicted octanol–water partition coefficient (Wildman–Crippen LogP) is 2.85. The minimum Gasteiger partial charge on any atom is -0.497 e. The minimum atomic E-state index is -5.67. The van der Waals surface area contributed by atoms with Crippen LogP contribution in [0.3, 0.4) is 0 Å². The highest BCUT2D eigenvalue weighted by Gasteiger charge is 2.49. The molecule has 1 aromatic carbocycles. The average Bonchev–Trinajstić information content (AvgIpc) is 2.37. The molecular weight excluding hydrogens is 297 g/mol. The molecule has 1 aliphatic rings. The molecule has 0 aromatic heterocycles. The number of allylic oxidation sites excluding steroid dienone is 1. The van der Waals surface area contributed by atoms with Crippen molar-refractivity contribution in [2.24, 2.45) is 0 Å². The normalized spacial score (nSPS) is 15.3. The van der Waals surface area contributed by atoms with Crippen LogP contribution in [0.1, 0.15) is 17.5 Å². The standard InChI is InChI=1S/C12H11F3O4S/c1-18-9-6-5-8-3-2-4-11(10(8)7-9)19-20(16,17)12(13,14)15/h4-7H,2-3H2,1H3. The first-order valence-corrected chi connectivity index (χ1v) is 7.03. The first-order chi connectivity index (χ1) is 9.24. The van der Waals surface area contributed by atoms with Crippen molar-refractivity contribution in [1.29, 1.82) is 0 Å². The first-order valence-electron chi connectivity index (χ1n) is 5.63. The van der Waals surface area contributed by atoms with Crippen LogP contribution in [0.15, 0.2) is 24.3 Å². The van der Waals surface area contributed by atoms with Crippen molar-refractivity contribution in [3.8, 4) is 5.75 Å². The molecule has 0 atom stereocenters. The summed E-state index contributed by atoms with van der Waals surface area (Å²) in [6.07, 6.45) is 2.32. The Morgan fingerprint density at radius 2 is 1.95 bits per heavy atom. The van der Waals surface area contributed by atoms with Gasteiger partial charge in [-0.1, -0.05) is 6.07 Å². The maximum absolute atomic E-state index is 12.3. The highest BCUT2D eigenvalue weighted by molar-refractivity contribution is 7.87. The van der Waals surface area contributed by atoms with E-state index in [1.807, 2.05) is 0 Å². The molecule has 0 bridgehead atoms. The number of ether oxygens (including phenoxy) is 1. The topological polar surface area (TPSA) is 52.6 Å². The van der Waals surface area contributed by atoms with Crippen molar-refractivity contribution < 1.29 is 30.5 Å². The van der Waals surface area contributed by atoms with E-state index >= 15 is 0 Å². The fourth-order valence-corrected chi connectivity index (χ4v) is 2.33. The summed E-state index contributed by atoms with van der Waals surface area (Å²) in [5.74, 6) is 0.0898. The second-order valence-corrected chi connectivity index (χ2v) is 5.65. The zero-order valence-corrected chi connectivity index (χ0v) is 11.2. The number of methoxy groups -OCH3 is 1. The van der Waals surface area contributed by atoms with Crippen molar-refractivity contribution in [2.45, 2.75) is 18.3 Å². The van der Waals surface area contributed by atoms with Crippen LogP contribution in [-0.2, 0) is 20.7 Å². The molecule has 20 heavy (non-hydrogen) atoms. The van der Waals surface area contributed by atoms with E-state index in [0.29, 0.717) is 29.7 Å². The summed E-state index contributed by atoms with van der Waals surface area (Å²) in [6.45, 7) is 0. The van der Waals surface area contributed by atoms with Gasteiger partial charge in [0.25, 0.3) is 0 Å². The summed E-state index contributed by atoms with van der Waals surface area (Å²) in [5, 5.41) is 0. The molecule has 0 fully saturated rings. The van der Waals surface area contributed by atoms with Gasteiger partial charge in [0.15, 0.2) is 0 Å². The van der Waals surface area contributed by atoms with Gasteiger partial charge in [0, 0.05) is 5.56 Å². The Morgan fingerprint density at radius 3 is 2.55 bits per heavy atom. The zero-order valence-electron chi connectivity index (χ0n) is 10.4. The van der Waals surface area contributed by atoms with E-state index in [2.05, 4.69) is 4.18 Å². The quantitative estimate of drug-likeness (QED) is 0.636. The lowest BCUT2D eigenvalue weighted by atomic mass is 9.96. The van der Waals surface area contributed by atoms with Crippen LogP contribution in [0.25, 0.3) is 5.76 Å². The molecule has 0 radical (unpaired) electrons. The van der Waals surface area contributed by atoms with E-state index in [1.165, 1.54) is 19.3 Å². The second kappa shape index (κ2) is 5.01. The van der Waals surface area contributed by atoms with Crippen LogP contribution < -0.4 is 4.74 Å². The highest BCUT2D eigenvalue weighted by Crippen LogP contribution is 2.35. The highest BCUT2D eigenvalue weighted by atomic mass is 32.2. The molecule has 110 valence electrons. The monoisotopic (exact) mass is 308 g/mol. The molecule has 0 aliphatic heterocycles. The van der Waals surface area contributed by atoms with Crippen LogP contribution >= 0.6 is 0 Å². The van der Waals surface area contributed by atoms with E-state index < -0.39 is 15.6 Å². The van der Waals surface area contributed by atoms with Crippen molar-refractivity contribution in [1.82, 2.24) is 0 Å². The van der Waals surface area contributed by atoms with Crippen molar-refractivity contribution in [3.63, 3.8) is 0 Å². The molecule has 0 saturated heterocycles. The molecule has 1 aromatic rings. The number of hydrogen-bond acceptors (Lipinski definition) is 4. The molecule has 0 amide bonds. The molecule has 4 nitrogen and oxygen atoms in total. The lowest BCUT2D eigenvalue weighted by molar-refractivity contribution is -0.0509. The Bertz CT molecular complexity index is 647. The number of aryl methyl sites for hydroxylation is 1.